The fourth-order valence-corrected chi connectivity index (χ4v) is 3.37. The molecule has 1 aromatic rings. The first-order chi connectivity index (χ1) is 7.56. The van der Waals surface area contributed by atoms with Crippen LogP contribution in [0.5, 0.6) is 0 Å². The third kappa shape index (κ3) is 3.24. The second-order valence-corrected chi connectivity index (χ2v) is 7.69. The summed E-state index contributed by atoms with van der Waals surface area (Å²) < 4.78 is 0. The van der Waals surface area contributed by atoms with Gasteiger partial charge in [0.25, 0.3) is 0 Å². The third-order valence-electron chi connectivity index (χ3n) is 2.89. The zero-order valence-electron chi connectivity index (χ0n) is 11.0. The molecule has 1 rings (SSSR count). The van der Waals surface area contributed by atoms with Crippen molar-refractivity contribution in [2.24, 2.45) is 0 Å². The van der Waals surface area contributed by atoms with Gasteiger partial charge < -0.3 is 4.90 Å². The lowest BCUT2D eigenvalue weighted by molar-refractivity contribution is 1.01. The molecule has 1 nitrogen and oxygen atoms in total. The largest absolute Gasteiger partial charge is 0.378 e. The first-order valence-electron chi connectivity index (χ1n) is 5.97. The van der Waals surface area contributed by atoms with Crippen LogP contribution in [-0.2, 0) is 6.42 Å². The van der Waals surface area contributed by atoms with Gasteiger partial charge in [0, 0.05) is 19.8 Å². The second-order valence-electron chi connectivity index (χ2n) is 4.76. The first-order valence-corrected chi connectivity index (χ1v) is 8.86. The molecule has 16 heavy (non-hydrogen) atoms. The highest BCUT2D eigenvalue weighted by molar-refractivity contribution is 6.71. The summed E-state index contributed by atoms with van der Waals surface area (Å²) in [7, 11) is 3.46. The molecule has 0 spiro atoms. The van der Waals surface area contributed by atoms with Gasteiger partial charge in [-0.2, -0.15) is 0 Å². The van der Waals surface area contributed by atoms with Crippen LogP contribution in [-0.4, -0.2) is 22.9 Å². The minimum atomic E-state index is -0.741. The van der Waals surface area contributed by atoms with E-state index in [1.807, 2.05) is 6.08 Å². The number of aryl methyl sites for hydroxylation is 1. The standard InChI is InChI=1S/C14H23NSi/c1-6-7-8-12-9-10-13(15(2)3)11-14(12)16(4)5/h6,9-11,16H,1,7-8H2,2-5H3. The van der Waals surface area contributed by atoms with Crippen LogP contribution in [0.15, 0.2) is 30.9 Å². The topological polar surface area (TPSA) is 3.24 Å². The van der Waals surface area contributed by atoms with Gasteiger partial charge in [-0.3, -0.25) is 0 Å². The van der Waals surface area contributed by atoms with Gasteiger partial charge >= 0.3 is 0 Å². The molecule has 0 bridgehead atoms. The first kappa shape index (κ1) is 13.0. The predicted octanol–water partition coefficient (Wildman–Crippen LogP) is 2.56. The fraction of sp³-hybridized carbons (Fsp3) is 0.429. The molecule has 0 saturated heterocycles. The quantitative estimate of drug-likeness (QED) is 0.558. The van der Waals surface area contributed by atoms with Crippen LogP contribution in [0.2, 0.25) is 13.1 Å². The van der Waals surface area contributed by atoms with Gasteiger partial charge in [0.05, 0.1) is 8.80 Å². The lowest BCUT2D eigenvalue weighted by Gasteiger charge is -2.18. The Labute approximate surface area is 101 Å². The summed E-state index contributed by atoms with van der Waals surface area (Å²) in [4.78, 5) is 2.18. The van der Waals surface area contributed by atoms with Gasteiger partial charge in [-0.1, -0.05) is 30.4 Å². The van der Waals surface area contributed by atoms with Crippen molar-refractivity contribution in [1.29, 1.82) is 0 Å². The Bertz CT molecular complexity index is 356. The number of rotatable bonds is 5. The number of hydrogen-bond acceptors (Lipinski definition) is 1. The molecule has 0 fully saturated rings. The van der Waals surface area contributed by atoms with Crippen molar-refractivity contribution in [3.05, 3.63) is 36.4 Å². The lowest BCUT2D eigenvalue weighted by atomic mass is 10.1. The van der Waals surface area contributed by atoms with Gasteiger partial charge in [-0.15, -0.1) is 6.58 Å². The van der Waals surface area contributed by atoms with E-state index in [2.05, 4.69) is 56.9 Å². The predicted molar refractivity (Wildman–Crippen MR) is 77.8 cm³/mol. The number of hydrogen-bond donors (Lipinski definition) is 0. The van der Waals surface area contributed by atoms with E-state index >= 15 is 0 Å². The van der Waals surface area contributed by atoms with E-state index in [-0.39, 0.29) is 0 Å². The molecule has 0 radical (unpaired) electrons. The van der Waals surface area contributed by atoms with E-state index in [4.69, 9.17) is 0 Å². The highest BCUT2D eigenvalue weighted by Crippen LogP contribution is 2.13. The van der Waals surface area contributed by atoms with Crippen molar-refractivity contribution >= 4 is 19.7 Å². The number of allylic oxidation sites excluding steroid dienone is 1. The summed E-state index contributed by atoms with van der Waals surface area (Å²) in [6.45, 7) is 8.59. The molecule has 0 amide bonds. The summed E-state index contributed by atoms with van der Waals surface area (Å²) in [6, 6.07) is 6.88. The van der Waals surface area contributed by atoms with Gasteiger partial charge in [0.15, 0.2) is 0 Å². The second kappa shape index (κ2) is 5.90. The Kier molecular flexibility index (Phi) is 4.81. The summed E-state index contributed by atoms with van der Waals surface area (Å²) in [5, 5.41) is 1.60. The van der Waals surface area contributed by atoms with Crippen molar-refractivity contribution in [2.75, 3.05) is 19.0 Å². The van der Waals surface area contributed by atoms with Crippen LogP contribution in [0.25, 0.3) is 0 Å². The molecular weight excluding hydrogens is 210 g/mol. The average molecular weight is 233 g/mol. The van der Waals surface area contributed by atoms with Gasteiger partial charge in [0.1, 0.15) is 0 Å². The van der Waals surface area contributed by atoms with Crippen molar-refractivity contribution in [1.82, 2.24) is 0 Å². The average Bonchev–Trinajstić information content (AvgIpc) is 2.25. The van der Waals surface area contributed by atoms with Crippen LogP contribution in [0.1, 0.15) is 12.0 Å². The molecule has 0 aliphatic carbocycles. The molecule has 0 N–H and O–H groups in total. The summed E-state index contributed by atoms with van der Waals surface area (Å²) in [5.41, 5.74) is 2.84. The van der Waals surface area contributed by atoms with Crippen molar-refractivity contribution in [3.63, 3.8) is 0 Å². The smallest absolute Gasteiger partial charge is 0.0651 e. The van der Waals surface area contributed by atoms with Crippen LogP contribution in [0.3, 0.4) is 0 Å². The molecule has 0 aliphatic rings. The monoisotopic (exact) mass is 233 g/mol. The molecule has 0 unspecified atom stereocenters. The van der Waals surface area contributed by atoms with Gasteiger partial charge in [-0.25, -0.2) is 0 Å². The van der Waals surface area contributed by atoms with Crippen molar-refractivity contribution in [2.45, 2.75) is 25.9 Å². The van der Waals surface area contributed by atoms with E-state index in [9.17, 15) is 0 Å². The highest BCUT2D eigenvalue weighted by Gasteiger charge is 2.08. The summed E-state index contributed by atoms with van der Waals surface area (Å²) in [6.07, 6.45) is 4.22. The Morgan fingerprint density at radius 3 is 2.50 bits per heavy atom. The molecule has 0 heterocycles. The fourth-order valence-electron chi connectivity index (χ4n) is 1.88. The Morgan fingerprint density at radius 2 is 2.00 bits per heavy atom. The third-order valence-corrected chi connectivity index (χ3v) is 4.67. The van der Waals surface area contributed by atoms with E-state index in [1.54, 1.807) is 5.19 Å². The minimum absolute atomic E-state index is 0.741. The molecule has 0 atom stereocenters. The van der Waals surface area contributed by atoms with Crippen molar-refractivity contribution in [3.8, 4) is 0 Å². The van der Waals surface area contributed by atoms with Crippen LogP contribution in [0, 0.1) is 0 Å². The maximum absolute atomic E-state index is 3.80. The van der Waals surface area contributed by atoms with Crippen molar-refractivity contribution < 1.29 is 0 Å². The normalized spacial score (nSPS) is 10.6. The van der Waals surface area contributed by atoms with Crippen LogP contribution < -0.4 is 10.1 Å². The minimum Gasteiger partial charge on any atom is -0.378 e. The number of benzene rings is 1. The summed E-state index contributed by atoms with van der Waals surface area (Å²) >= 11 is 0. The van der Waals surface area contributed by atoms with E-state index in [0.29, 0.717) is 0 Å². The molecular formula is C14H23NSi. The molecule has 2 heteroatoms. The zero-order valence-corrected chi connectivity index (χ0v) is 12.1. The molecule has 1 aromatic carbocycles. The highest BCUT2D eigenvalue weighted by atomic mass is 28.3. The molecule has 0 aliphatic heterocycles. The summed E-state index contributed by atoms with van der Waals surface area (Å²) in [5.74, 6) is 0. The van der Waals surface area contributed by atoms with Gasteiger partial charge in [-0.05, 0) is 30.5 Å². The van der Waals surface area contributed by atoms with E-state index in [1.165, 1.54) is 11.3 Å². The maximum atomic E-state index is 3.80. The zero-order chi connectivity index (χ0) is 12.1. The van der Waals surface area contributed by atoms with E-state index < -0.39 is 8.80 Å². The number of anilines is 1. The maximum Gasteiger partial charge on any atom is 0.0651 e. The Balaban J connectivity index is 3.04. The lowest BCUT2D eigenvalue weighted by Crippen LogP contribution is -2.28. The number of nitrogens with zero attached hydrogens (tertiary/aromatic N) is 1. The Hall–Kier alpha value is -1.02. The molecule has 88 valence electrons. The Morgan fingerprint density at radius 1 is 1.31 bits per heavy atom. The van der Waals surface area contributed by atoms with Gasteiger partial charge in [0.2, 0.25) is 0 Å². The van der Waals surface area contributed by atoms with E-state index in [0.717, 1.165) is 12.8 Å². The SMILES string of the molecule is C=CCCc1ccc(N(C)C)cc1[SiH](C)C. The van der Waals surface area contributed by atoms with Crippen LogP contribution >= 0.6 is 0 Å². The molecule has 0 aromatic heterocycles. The molecule has 0 saturated carbocycles. The van der Waals surface area contributed by atoms with Crippen LogP contribution in [0.4, 0.5) is 5.69 Å².